The lowest BCUT2D eigenvalue weighted by Crippen LogP contribution is -2.35. The highest BCUT2D eigenvalue weighted by molar-refractivity contribution is 5.54. The van der Waals surface area contributed by atoms with Crippen LogP contribution < -0.4 is 10.6 Å². The fourth-order valence-corrected chi connectivity index (χ4v) is 1.47. The third kappa shape index (κ3) is 3.75. The predicted molar refractivity (Wildman–Crippen MR) is 70.6 cm³/mol. The number of anilines is 2. The van der Waals surface area contributed by atoms with Crippen molar-refractivity contribution >= 4 is 11.5 Å². The second-order valence-electron chi connectivity index (χ2n) is 5.27. The first-order valence-corrected chi connectivity index (χ1v) is 6.00. The number of hydrogen-bond donors (Lipinski definition) is 2. The van der Waals surface area contributed by atoms with Gasteiger partial charge in [0, 0.05) is 23.8 Å². The van der Waals surface area contributed by atoms with Crippen molar-refractivity contribution in [2.75, 3.05) is 5.32 Å². The fraction of sp³-hybridized carbons (Fsp3) is 0.385. The van der Waals surface area contributed by atoms with Crippen LogP contribution in [0.3, 0.4) is 0 Å². The first kappa shape index (κ1) is 13.5. The summed E-state index contributed by atoms with van der Waals surface area (Å²) in [6.45, 7) is 6.53. The lowest BCUT2D eigenvalue weighted by molar-refractivity contribution is 0.418. The molecule has 0 saturated carbocycles. The molecular weight excluding hydrogens is 247 g/mol. The standard InChI is InChI=1S/C13H17FN4O/c1-13(2,3)16-6-9-4-5-15-12(11(9)14)18-10-7-17-19-8-10/h4-5,7-8,16H,6H2,1-3H3,(H,15,18). The maximum Gasteiger partial charge on any atom is 0.170 e. The molecule has 0 aromatic carbocycles. The molecule has 0 spiro atoms. The summed E-state index contributed by atoms with van der Waals surface area (Å²) in [4.78, 5) is 3.97. The molecule has 2 rings (SSSR count). The van der Waals surface area contributed by atoms with Crippen LogP contribution in [0.25, 0.3) is 0 Å². The SMILES string of the molecule is CC(C)(C)NCc1ccnc(Nc2cnoc2)c1F. The molecule has 0 unspecified atom stereocenters. The lowest BCUT2D eigenvalue weighted by atomic mass is 10.1. The van der Waals surface area contributed by atoms with E-state index in [4.69, 9.17) is 0 Å². The smallest absolute Gasteiger partial charge is 0.170 e. The monoisotopic (exact) mass is 264 g/mol. The summed E-state index contributed by atoms with van der Waals surface area (Å²) in [5, 5.41) is 9.60. The van der Waals surface area contributed by atoms with Gasteiger partial charge in [0.2, 0.25) is 0 Å². The van der Waals surface area contributed by atoms with E-state index in [0.29, 0.717) is 17.8 Å². The summed E-state index contributed by atoms with van der Waals surface area (Å²) >= 11 is 0. The molecule has 102 valence electrons. The topological polar surface area (TPSA) is 63.0 Å². The molecule has 0 aliphatic rings. The summed E-state index contributed by atoms with van der Waals surface area (Å²) in [5.41, 5.74) is 1.05. The number of halogens is 1. The van der Waals surface area contributed by atoms with Gasteiger partial charge in [-0.25, -0.2) is 9.37 Å². The van der Waals surface area contributed by atoms with Crippen LogP contribution in [-0.4, -0.2) is 15.7 Å². The van der Waals surface area contributed by atoms with E-state index in [-0.39, 0.29) is 17.2 Å². The predicted octanol–water partition coefficient (Wildman–Crippen LogP) is 2.84. The Kier molecular flexibility index (Phi) is 3.80. The van der Waals surface area contributed by atoms with E-state index in [0.717, 1.165) is 0 Å². The van der Waals surface area contributed by atoms with Crippen molar-refractivity contribution in [2.45, 2.75) is 32.9 Å². The zero-order valence-electron chi connectivity index (χ0n) is 11.2. The molecule has 2 aromatic heterocycles. The number of hydrogen-bond acceptors (Lipinski definition) is 5. The van der Waals surface area contributed by atoms with Gasteiger partial charge >= 0.3 is 0 Å². The van der Waals surface area contributed by atoms with Crippen LogP contribution in [0.1, 0.15) is 26.3 Å². The van der Waals surface area contributed by atoms with Crippen LogP contribution in [0, 0.1) is 5.82 Å². The normalized spacial score (nSPS) is 11.6. The Hall–Kier alpha value is -1.95. The summed E-state index contributed by atoms with van der Waals surface area (Å²) in [6, 6.07) is 1.66. The highest BCUT2D eigenvalue weighted by atomic mass is 19.1. The van der Waals surface area contributed by atoms with Crippen LogP contribution in [0.5, 0.6) is 0 Å². The van der Waals surface area contributed by atoms with Crippen molar-refractivity contribution < 1.29 is 8.91 Å². The minimum absolute atomic E-state index is 0.0716. The molecule has 5 nitrogen and oxygen atoms in total. The van der Waals surface area contributed by atoms with Gasteiger partial charge < -0.3 is 15.2 Å². The third-order valence-corrected chi connectivity index (χ3v) is 2.47. The van der Waals surface area contributed by atoms with E-state index in [1.165, 1.54) is 12.5 Å². The molecular formula is C13H17FN4O. The molecule has 2 aromatic rings. The summed E-state index contributed by atoms with van der Waals surface area (Å²) < 4.78 is 18.9. The zero-order valence-corrected chi connectivity index (χ0v) is 11.2. The van der Waals surface area contributed by atoms with E-state index < -0.39 is 0 Å². The second-order valence-corrected chi connectivity index (χ2v) is 5.27. The minimum Gasteiger partial charge on any atom is -0.363 e. The molecule has 0 fully saturated rings. The molecule has 0 amide bonds. The first-order chi connectivity index (χ1) is 8.96. The van der Waals surface area contributed by atoms with E-state index >= 15 is 0 Å². The number of aromatic nitrogens is 2. The average Bonchev–Trinajstić information content (AvgIpc) is 2.82. The number of nitrogens with zero attached hydrogens (tertiary/aromatic N) is 2. The van der Waals surface area contributed by atoms with Gasteiger partial charge in [0.15, 0.2) is 11.6 Å². The zero-order chi connectivity index (χ0) is 13.9. The number of rotatable bonds is 4. The van der Waals surface area contributed by atoms with Crippen LogP contribution in [0.4, 0.5) is 15.9 Å². The second kappa shape index (κ2) is 5.36. The third-order valence-electron chi connectivity index (χ3n) is 2.47. The average molecular weight is 264 g/mol. The van der Waals surface area contributed by atoms with Crippen LogP contribution in [-0.2, 0) is 6.54 Å². The van der Waals surface area contributed by atoms with Crippen molar-refractivity contribution in [3.63, 3.8) is 0 Å². The number of pyridine rings is 1. The quantitative estimate of drug-likeness (QED) is 0.889. The Morgan fingerprint density at radius 3 is 2.79 bits per heavy atom. The Balaban J connectivity index is 2.13. The Labute approximate surface area is 111 Å². The Morgan fingerprint density at radius 1 is 1.37 bits per heavy atom. The van der Waals surface area contributed by atoms with Crippen molar-refractivity contribution in [1.82, 2.24) is 15.5 Å². The molecule has 19 heavy (non-hydrogen) atoms. The van der Waals surface area contributed by atoms with E-state index in [9.17, 15) is 4.39 Å². The first-order valence-electron chi connectivity index (χ1n) is 6.00. The molecule has 0 aliphatic heterocycles. The molecule has 0 saturated heterocycles. The van der Waals surface area contributed by atoms with E-state index in [1.807, 2.05) is 20.8 Å². The summed E-state index contributed by atoms with van der Waals surface area (Å²) in [6.07, 6.45) is 4.42. The van der Waals surface area contributed by atoms with Gasteiger partial charge in [0.25, 0.3) is 0 Å². The van der Waals surface area contributed by atoms with Crippen LogP contribution >= 0.6 is 0 Å². The summed E-state index contributed by atoms with van der Waals surface area (Å²) in [7, 11) is 0. The summed E-state index contributed by atoms with van der Waals surface area (Å²) in [5.74, 6) is -0.211. The molecule has 0 aliphatic carbocycles. The Bertz CT molecular complexity index is 534. The van der Waals surface area contributed by atoms with Gasteiger partial charge in [-0.05, 0) is 26.8 Å². The van der Waals surface area contributed by atoms with Crippen LogP contribution in [0.2, 0.25) is 0 Å². The lowest BCUT2D eigenvalue weighted by Gasteiger charge is -2.21. The van der Waals surface area contributed by atoms with E-state index in [1.54, 1.807) is 12.3 Å². The van der Waals surface area contributed by atoms with Gasteiger partial charge in [-0.3, -0.25) is 0 Å². The van der Waals surface area contributed by atoms with Crippen molar-refractivity contribution in [2.24, 2.45) is 0 Å². The van der Waals surface area contributed by atoms with Crippen molar-refractivity contribution in [3.05, 3.63) is 36.1 Å². The van der Waals surface area contributed by atoms with E-state index in [2.05, 4.69) is 25.3 Å². The maximum atomic E-state index is 14.2. The highest BCUT2D eigenvalue weighted by Gasteiger charge is 2.13. The largest absolute Gasteiger partial charge is 0.363 e. The van der Waals surface area contributed by atoms with Crippen molar-refractivity contribution in [1.29, 1.82) is 0 Å². The number of nitrogens with one attached hydrogen (secondary N) is 2. The fourth-order valence-electron chi connectivity index (χ4n) is 1.47. The molecule has 2 N–H and O–H groups in total. The Morgan fingerprint density at radius 2 is 2.16 bits per heavy atom. The minimum atomic E-state index is -0.375. The van der Waals surface area contributed by atoms with Gasteiger partial charge in [-0.1, -0.05) is 5.16 Å². The molecule has 0 radical (unpaired) electrons. The van der Waals surface area contributed by atoms with Gasteiger partial charge in [0.1, 0.15) is 12.0 Å². The maximum absolute atomic E-state index is 14.2. The van der Waals surface area contributed by atoms with Crippen LogP contribution in [0.15, 0.2) is 29.2 Å². The molecule has 2 heterocycles. The highest BCUT2D eigenvalue weighted by Crippen LogP contribution is 2.20. The van der Waals surface area contributed by atoms with Gasteiger partial charge in [-0.15, -0.1) is 0 Å². The molecule has 6 heteroatoms. The van der Waals surface area contributed by atoms with Gasteiger partial charge in [0.05, 0.1) is 6.20 Å². The molecule has 0 atom stereocenters. The van der Waals surface area contributed by atoms with Gasteiger partial charge in [-0.2, -0.15) is 0 Å². The van der Waals surface area contributed by atoms with Crippen molar-refractivity contribution in [3.8, 4) is 0 Å². The molecule has 0 bridgehead atoms.